The largest absolute Gasteiger partial charge is 0.497 e. The normalized spacial score (nSPS) is 16.3. The number of hydrogen-bond donors (Lipinski definition) is 0. The van der Waals surface area contributed by atoms with Crippen molar-refractivity contribution in [2.24, 2.45) is 0 Å². The predicted octanol–water partition coefficient (Wildman–Crippen LogP) is 4.07. The number of aromatic nitrogens is 2. The molecular formula is C20H17ClFN3O4. The summed E-state index contributed by atoms with van der Waals surface area (Å²) in [5, 5.41) is 4.22. The molecule has 1 saturated heterocycles. The summed E-state index contributed by atoms with van der Waals surface area (Å²) < 4.78 is 29.2. The molecule has 7 nitrogen and oxygen atoms in total. The van der Waals surface area contributed by atoms with Crippen LogP contribution < -0.4 is 14.4 Å². The highest BCUT2D eigenvalue weighted by Crippen LogP contribution is 2.36. The van der Waals surface area contributed by atoms with E-state index in [9.17, 15) is 9.18 Å². The van der Waals surface area contributed by atoms with Gasteiger partial charge in [-0.15, -0.1) is 0 Å². The molecule has 0 aliphatic carbocycles. The molecule has 1 unspecified atom stereocenters. The van der Waals surface area contributed by atoms with Crippen molar-refractivity contribution in [3.8, 4) is 23.0 Å². The second kappa shape index (κ2) is 7.71. The molecular weight excluding hydrogens is 401 g/mol. The number of methoxy groups -OCH3 is 2. The number of carbonyl (C=O) groups is 1. The average Bonchev–Trinajstić information content (AvgIpc) is 3.35. The highest BCUT2D eigenvalue weighted by Gasteiger charge is 2.35. The Morgan fingerprint density at radius 3 is 2.55 bits per heavy atom. The molecule has 0 saturated carbocycles. The monoisotopic (exact) mass is 417 g/mol. The number of carbonyl (C=O) groups excluding carboxylic acids is 1. The van der Waals surface area contributed by atoms with E-state index in [1.165, 1.54) is 23.1 Å². The summed E-state index contributed by atoms with van der Waals surface area (Å²) in [6, 6.07) is 9.18. The Bertz CT molecular complexity index is 1050. The first kappa shape index (κ1) is 19.2. The summed E-state index contributed by atoms with van der Waals surface area (Å²) in [5.41, 5.74) is 1.10. The number of anilines is 1. The fourth-order valence-electron chi connectivity index (χ4n) is 3.26. The van der Waals surface area contributed by atoms with Crippen molar-refractivity contribution in [3.63, 3.8) is 0 Å². The van der Waals surface area contributed by atoms with Crippen LogP contribution in [0, 0.1) is 5.82 Å². The maximum atomic E-state index is 13.3. The van der Waals surface area contributed by atoms with Crippen molar-refractivity contribution < 1.29 is 23.2 Å². The molecule has 150 valence electrons. The minimum atomic E-state index is -0.460. The van der Waals surface area contributed by atoms with Crippen LogP contribution in [0.2, 0.25) is 5.02 Å². The van der Waals surface area contributed by atoms with Crippen molar-refractivity contribution in [3.05, 3.63) is 53.1 Å². The lowest BCUT2D eigenvalue weighted by Gasteiger charge is -2.17. The molecule has 1 atom stereocenters. The number of hydrogen-bond acceptors (Lipinski definition) is 6. The molecule has 1 aliphatic heterocycles. The maximum absolute atomic E-state index is 13.3. The molecule has 0 radical (unpaired) electrons. The third kappa shape index (κ3) is 3.75. The van der Waals surface area contributed by atoms with Gasteiger partial charge in [-0.2, -0.15) is 4.98 Å². The Hall–Kier alpha value is -3.13. The van der Waals surface area contributed by atoms with Gasteiger partial charge in [-0.1, -0.05) is 16.8 Å². The number of halogens is 2. The molecule has 1 amide bonds. The summed E-state index contributed by atoms with van der Waals surface area (Å²) in [6.45, 7) is 0.324. The summed E-state index contributed by atoms with van der Waals surface area (Å²) in [6.07, 6.45) is 0.202. The van der Waals surface area contributed by atoms with Crippen LogP contribution in [-0.2, 0) is 4.79 Å². The fraction of sp³-hybridized carbons (Fsp3) is 0.250. The lowest BCUT2D eigenvalue weighted by atomic mass is 10.1. The minimum absolute atomic E-state index is 0.141. The Morgan fingerprint density at radius 2 is 1.90 bits per heavy atom. The van der Waals surface area contributed by atoms with Gasteiger partial charge in [0, 0.05) is 30.5 Å². The van der Waals surface area contributed by atoms with Crippen LogP contribution in [0.5, 0.6) is 11.5 Å². The Kier molecular flexibility index (Phi) is 5.10. The topological polar surface area (TPSA) is 77.7 Å². The number of ether oxygens (including phenoxy) is 2. The summed E-state index contributed by atoms with van der Waals surface area (Å²) in [7, 11) is 3.11. The molecule has 29 heavy (non-hydrogen) atoms. The Morgan fingerprint density at radius 1 is 1.17 bits per heavy atom. The molecule has 1 aliphatic rings. The van der Waals surface area contributed by atoms with Gasteiger partial charge in [0.25, 0.3) is 5.89 Å². The van der Waals surface area contributed by atoms with Crippen molar-refractivity contribution in [1.82, 2.24) is 10.1 Å². The van der Waals surface area contributed by atoms with Crippen molar-refractivity contribution in [2.75, 3.05) is 25.7 Å². The van der Waals surface area contributed by atoms with Gasteiger partial charge in [0.05, 0.1) is 24.9 Å². The molecule has 1 aromatic heterocycles. The number of rotatable bonds is 5. The van der Waals surface area contributed by atoms with E-state index in [2.05, 4.69) is 10.1 Å². The van der Waals surface area contributed by atoms with Crippen molar-refractivity contribution in [2.45, 2.75) is 12.3 Å². The standard InChI is InChI=1S/C20H17ClFN3O4/c1-27-14-5-11(6-15(9-14)28-2)20-23-19(24-29-20)12-7-18(26)25(10-12)17-4-3-13(22)8-16(17)21/h3-6,8-9,12H,7,10H2,1-2H3. The smallest absolute Gasteiger partial charge is 0.258 e. The third-order valence-electron chi connectivity index (χ3n) is 4.73. The average molecular weight is 418 g/mol. The highest BCUT2D eigenvalue weighted by molar-refractivity contribution is 6.33. The van der Waals surface area contributed by atoms with E-state index in [4.69, 9.17) is 25.6 Å². The van der Waals surface area contributed by atoms with Gasteiger partial charge in [0.1, 0.15) is 17.3 Å². The van der Waals surface area contributed by atoms with Crippen LogP contribution in [0.15, 0.2) is 40.9 Å². The number of amides is 1. The Labute approximate surface area is 171 Å². The maximum Gasteiger partial charge on any atom is 0.258 e. The SMILES string of the molecule is COc1cc(OC)cc(-c2nc(C3CC(=O)N(c4ccc(F)cc4Cl)C3)no2)c1. The summed E-state index contributed by atoms with van der Waals surface area (Å²) in [4.78, 5) is 18.5. The van der Waals surface area contributed by atoms with Crippen molar-refractivity contribution in [1.29, 1.82) is 0 Å². The van der Waals surface area contributed by atoms with Crippen LogP contribution in [0.4, 0.5) is 10.1 Å². The van der Waals surface area contributed by atoms with E-state index in [1.54, 1.807) is 32.4 Å². The van der Waals surface area contributed by atoms with Gasteiger partial charge in [0.2, 0.25) is 5.91 Å². The molecule has 1 fully saturated rings. The number of nitrogens with zero attached hydrogens (tertiary/aromatic N) is 3. The van der Waals surface area contributed by atoms with Gasteiger partial charge in [-0.25, -0.2) is 4.39 Å². The van der Waals surface area contributed by atoms with E-state index in [-0.39, 0.29) is 23.3 Å². The third-order valence-corrected chi connectivity index (χ3v) is 5.03. The molecule has 9 heteroatoms. The lowest BCUT2D eigenvalue weighted by molar-refractivity contribution is -0.117. The summed E-state index contributed by atoms with van der Waals surface area (Å²) >= 11 is 6.10. The van der Waals surface area contributed by atoms with E-state index in [0.29, 0.717) is 41.0 Å². The first-order valence-corrected chi connectivity index (χ1v) is 9.18. The van der Waals surface area contributed by atoms with Gasteiger partial charge in [0.15, 0.2) is 5.82 Å². The number of benzene rings is 2. The van der Waals surface area contributed by atoms with Crippen LogP contribution in [0.25, 0.3) is 11.5 Å². The van der Waals surface area contributed by atoms with Gasteiger partial charge in [-0.05, 0) is 30.3 Å². The fourth-order valence-corrected chi connectivity index (χ4v) is 3.53. The van der Waals surface area contributed by atoms with Crippen LogP contribution in [0.1, 0.15) is 18.2 Å². The predicted molar refractivity (Wildman–Crippen MR) is 104 cm³/mol. The van der Waals surface area contributed by atoms with E-state index < -0.39 is 5.82 Å². The lowest BCUT2D eigenvalue weighted by Crippen LogP contribution is -2.24. The molecule has 4 rings (SSSR count). The zero-order chi connectivity index (χ0) is 20.5. The zero-order valence-electron chi connectivity index (χ0n) is 15.7. The molecule has 0 spiro atoms. The highest BCUT2D eigenvalue weighted by atomic mass is 35.5. The quantitative estimate of drug-likeness (QED) is 0.622. The second-order valence-electron chi connectivity index (χ2n) is 6.56. The first-order chi connectivity index (χ1) is 14.0. The first-order valence-electron chi connectivity index (χ1n) is 8.81. The van der Waals surface area contributed by atoms with Gasteiger partial charge < -0.3 is 18.9 Å². The van der Waals surface area contributed by atoms with Crippen molar-refractivity contribution >= 4 is 23.2 Å². The van der Waals surface area contributed by atoms with Crippen LogP contribution in [0.3, 0.4) is 0 Å². The second-order valence-corrected chi connectivity index (χ2v) is 6.97. The van der Waals surface area contributed by atoms with Gasteiger partial charge >= 0.3 is 0 Å². The van der Waals surface area contributed by atoms with Gasteiger partial charge in [-0.3, -0.25) is 4.79 Å². The molecule has 2 aromatic carbocycles. The zero-order valence-corrected chi connectivity index (χ0v) is 16.4. The minimum Gasteiger partial charge on any atom is -0.497 e. The van der Waals surface area contributed by atoms with E-state index in [0.717, 1.165) is 0 Å². The Balaban J connectivity index is 1.58. The molecule has 2 heterocycles. The van der Waals surface area contributed by atoms with E-state index >= 15 is 0 Å². The van der Waals surface area contributed by atoms with Crippen LogP contribution in [-0.4, -0.2) is 36.8 Å². The summed E-state index contributed by atoms with van der Waals surface area (Å²) in [5.74, 6) is 1.02. The molecule has 0 N–H and O–H groups in total. The molecule has 0 bridgehead atoms. The van der Waals surface area contributed by atoms with E-state index in [1.807, 2.05) is 0 Å². The molecule has 3 aromatic rings. The van der Waals surface area contributed by atoms with Crippen LogP contribution >= 0.6 is 11.6 Å².